The van der Waals surface area contributed by atoms with E-state index in [0.717, 1.165) is 25.1 Å². The molecule has 3 amide bonds. The Morgan fingerprint density at radius 3 is 2.52 bits per heavy atom. The summed E-state index contributed by atoms with van der Waals surface area (Å²) >= 11 is 1.85. The van der Waals surface area contributed by atoms with Crippen molar-refractivity contribution in [3.05, 3.63) is 29.8 Å². The van der Waals surface area contributed by atoms with Crippen LogP contribution in [-0.4, -0.2) is 64.6 Å². The van der Waals surface area contributed by atoms with Gasteiger partial charge in [-0.05, 0) is 51.8 Å². The van der Waals surface area contributed by atoms with Gasteiger partial charge < -0.3 is 19.9 Å². The van der Waals surface area contributed by atoms with E-state index >= 15 is 0 Å². The fourth-order valence-electron chi connectivity index (χ4n) is 3.68. The number of hydrogen-bond acceptors (Lipinski definition) is 4. The molecule has 2 heterocycles. The monoisotopic (exact) mass is 391 g/mol. The standard InChI is InChI=1S/C20H29N3O3S/c1-19(2,3)21-18(25)22-10-8-20(9-11-22)23(12-13-27-20)17(24)15-6-5-7-16(14-15)26-4/h5-7,14H,8-13H2,1-4H3,(H,21,25). The van der Waals surface area contributed by atoms with Crippen LogP contribution in [0.5, 0.6) is 5.75 Å². The predicted octanol–water partition coefficient (Wildman–Crippen LogP) is 3.18. The topological polar surface area (TPSA) is 61.9 Å². The number of thioether (sulfide) groups is 1. The zero-order valence-corrected chi connectivity index (χ0v) is 17.4. The number of ether oxygens (including phenoxy) is 1. The third kappa shape index (κ3) is 4.34. The molecule has 1 N–H and O–H groups in total. The highest BCUT2D eigenvalue weighted by Gasteiger charge is 2.47. The molecule has 2 fully saturated rings. The molecule has 0 atom stereocenters. The van der Waals surface area contributed by atoms with Gasteiger partial charge >= 0.3 is 6.03 Å². The first-order valence-corrected chi connectivity index (χ1v) is 10.4. The first-order valence-electron chi connectivity index (χ1n) is 9.41. The van der Waals surface area contributed by atoms with E-state index in [1.807, 2.05) is 60.5 Å². The molecule has 148 valence electrons. The van der Waals surface area contributed by atoms with E-state index in [-0.39, 0.29) is 22.3 Å². The number of hydrogen-bond donors (Lipinski definition) is 1. The lowest BCUT2D eigenvalue weighted by atomic mass is 10.0. The molecule has 0 radical (unpaired) electrons. The molecule has 0 aromatic heterocycles. The molecule has 27 heavy (non-hydrogen) atoms. The minimum Gasteiger partial charge on any atom is -0.497 e. The van der Waals surface area contributed by atoms with Crippen LogP contribution in [0, 0.1) is 0 Å². The predicted molar refractivity (Wildman–Crippen MR) is 108 cm³/mol. The first kappa shape index (κ1) is 19.9. The number of methoxy groups -OCH3 is 1. The normalized spacial score (nSPS) is 19.3. The zero-order chi connectivity index (χ0) is 19.7. The lowest BCUT2D eigenvalue weighted by molar-refractivity contribution is 0.0578. The minimum atomic E-state index is -0.247. The van der Waals surface area contributed by atoms with Gasteiger partial charge in [0.05, 0.1) is 12.0 Å². The SMILES string of the molecule is COc1cccc(C(=O)N2CCSC23CCN(C(=O)NC(C)(C)C)CC3)c1. The Morgan fingerprint density at radius 2 is 1.89 bits per heavy atom. The highest BCUT2D eigenvalue weighted by atomic mass is 32.2. The minimum absolute atomic E-state index is 0.0222. The lowest BCUT2D eigenvalue weighted by Crippen LogP contribution is -2.56. The number of rotatable bonds is 2. The molecule has 0 saturated carbocycles. The number of amides is 3. The van der Waals surface area contributed by atoms with Crippen LogP contribution in [0.3, 0.4) is 0 Å². The summed E-state index contributed by atoms with van der Waals surface area (Å²) in [5.41, 5.74) is 0.409. The summed E-state index contributed by atoms with van der Waals surface area (Å²) in [6.07, 6.45) is 1.59. The quantitative estimate of drug-likeness (QED) is 0.841. The van der Waals surface area contributed by atoms with Crippen molar-refractivity contribution in [2.45, 2.75) is 44.0 Å². The summed E-state index contributed by atoms with van der Waals surface area (Å²) in [4.78, 5) is 29.3. The van der Waals surface area contributed by atoms with Crippen molar-refractivity contribution in [2.75, 3.05) is 32.5 Å². The number of benzene rings is 1. The molecule has 0 aliphatic carbocycles. The van der Waals surface area contributed by atoms with Gasteiger partial charge in [0, 0.05) is 36.5 Å². The van der Waals surface area contributed by atoms with Crippen LogP contribution in [0.4, 0.5) is 4.79 Å². The van der Waals surface area contributed by atoms with Gasteiger partial charge in [-0.1, -0.05) is 6.07 Å². The second-order valence-electron chi connectivity index (χ2n) is 8.15. The number of nitrogens with zero attached hydrogens (tertiary/aromatic N) is 2. The van der Waals surface area contributed by atoms with E-state index in [1.165, 1.54) is 0 Å². The van der Waals surface area contributed by atoms with Gasteiger partial charge in [0.25, 0.3) is 5.91 Å². The maximum atomic E-state index is 13.2. The van der Waals surface area contributed by atoms with Crippen molar-refractivity contribution < 1.29 is 14.3 Å². The smallest absolute Gasteiger partial charge is 0.317 e. The molecule has 6 nitrogen and oxygen atoms in total. The molecule has 2 aliphatic heterocycles. The molecule has 1 spiro atoms. The molecule has 0 unspecified atom stereocenters. The zero-order valence-electron chi connectivity index (χ0n) is 16.6. The maximum Gasteiger partial charge on any atom is 0.317 e. The Bertz CT molecular complexity index is 709. The summed E-state index contributed by atoms with van der Waals surface area (Å²) < 4.78 is 5.26. The van der Waals surface area contributed by atoms with Crippen LogP contribution in [0.15, 0.2) is 24.3 Å². The fraction of sp³-hybridized carbons (Fsp3) is 0.600. The molecular formula is C20H29N3O3S. The molecule has 7 heteroatoms. The molecule has 0 bridgehead atoms. The molecular weight excluding hydrogens is 362 g/mol. The summed E-state index contributed by atoms with van der Waals surface area (Å²) in [5.74, 6) is 1.67. The van der Waals surface area contributed by atoms with Gasteiger partial charge in [0.2, 0.25) is 0 Å². The molecule has 2 saturated heterocycles. The van der Waals surface area contributed by atoms with Crippen LogP contribution in [0.1, 0.15) is 44.0 Å². The van der Waals surface area contributed by atoms with Crippen molar-refractivity contribution in [3.63, 3.8) is 0 Å². The third-order valence-corrected chi connectivity index (χ3v) is 6.61. The van der Waals surface area contributed by atoms with Crippen LogP contribution in [0.25, 0.3) is 0 Å². The summed E-state index contributed by atoms with van der Waals surface area (Å²) in [7, 11) is 1.61. The lowest BCUT2D eigenvalue weighted by Gasteiger charge is -2.44. The third-order valence-electron chi connectivity index (χ3n) is 5.05. The molecule has 1 aromatic rings. The van der Waals surface area contributed by atoms with Crippen LogP contribution >= 0.6 is 11.8 Å². The van der Waals surface area contributed by atoms with Gasteiger partial charge in [0.15, 0.2) is 0 Å². The highest BCUT2D eigenvalue weighted by molar-refractivity contribution is 8.00. The van der Waals surface area contributed by atoms with Gasteiger partial charge in [-0.15, -0.1) is 11.8 Å². The molecule has 2 aliphatic rings. The Kier molecular flexibility index (Phi) is 5.60. The Hall–Kier alpha value is -1.89. The van der Waals surface area contributed by atoms with Gasteiger partial charge in [-0.3, -0.25) is 4.79 Å². The number of piperidine rings is 1. The van der Waals surface area contributed by atoms with E-state index in [2.05, 4.69) is 5.32 Å². The first-order chi connectivity index (χ1) is 12.7. The largest absolute Gasteiger partial charge is 0.497 e. The summed E-state index contributed by atoms with van der Waals surface area (Å²) in [5, 5.41) is 3.03. The van der Waals surface area contributed by atoms with Crippen molar-refractivity contribution in [2.24, 2.45) is 0 Å². The average Bonchev–Trinajstić information content (AvgIpc) is 3.03. The van der Waals surface area contributed by atoms with Gasteiger partial charge in [0.1, 0.15) is 5.75 Å². The Morgan fingerprint density at radius 1 is 1.19 bits per heavy atom. The summed E-state index contributed by atoms with van der Waals surface area (Å²) in [6, 6.07) is 7.31. The number of nitrogens with one attached hydrogen (secondary N) is 1. The van der Waals surface area contributed by atoms with Crippen molar-refractivity contribution in [1.82, 2.24) is 15.1 Å². The fourth-order valence-corrected chi connectivity index (χ4v) is 5.14. The Labute approximate surface area is 165 Å². The maximum absolute atomic E-state index is 13.2. The van der Waals surface area contributed by atoms with Gasteiger partial charge in [-0.2, -0.15) is 0 Å². The number of urea groups is 1. The van der Waals surface area contributed by atoms with Crippen LogP contribution < -0.4 is 10.1 Å². The van der Waals surface area contributed by atoms with E-state index in [1.54, 1.807) is 13.2 Å². The van der Waals surface area contributed by atoms with Gasteiger partial charge in [-0.25, -0.2) is 4.79 Å². The van der Waals surface area contributed by atoms with Crippen LogP contribution in [0.2, 0.25) is 0 Å². The number of likely N-dealkylation sites (tertiary alicyclic amines) is 1. The second kappa shape index (κ2) is 7.62. The molecule has 1 aromatic carbocycles. The van der Waals surface area contributed by atoms with E-state index < -0.39 is 0 Å². The van der Waals surface area contributed by atoms with E-state index in [4.69, 9.17) is 4.74 Å². The van der Waals surface area contributed by atoms with Crippen molar-refractivity contribution in [3.8, 4) is 5.75 Å². The molecule has 3 rings (SSSR count). The Balaban J connectivity index is 1.69. The highest BCUT2D eigenvalue weighted by Crippen LogP contribution is 2.44. The van der Waals surface area contributed by atoms with Crippen molar-refractivity contribution >= 4 is 23.7 Å². The number of carbonyl (C=O) groups is 2. The number of carbonyl (C=O) groups excluding carboxylic acids is 2. The summed E-state index contributed by atoms with van der Waals surface area (Å²) in [6.45, 7) is 8.02. The van der Waals surface area contributed by atoms with Crippen molar-refractivity contribution in [1.29, 1.82) is 0 Å². The van der Waals surface area contributed by atoms with Crippen LogP contribution in [-0.2, 0) is 0 Å². The second-order valence-corrected chi connectivity index (χ2v) is 9.61. The van der Waals surface area contributed by atoms with E-state index in [0.29, 0.717) is 24.4 Å². The van der Waals surface area contributed by atoms with E-state index in [9.17, 15) is 9.59 Å². The average molecular weight is 392 g/mol.